The number of aromatic nitrogens is 1. The molecule has 0 bridgehead atoms. The van der Waals surface area contributed by atoms with Gasteiger partial charge in [0.1, 0.15) is 4.88 Å². The van der Waals surface area contributed by atoms with Crippen LogP contribution in [0.3, 0.4) is 0 Å². The van der Waals surface area contributed by atoms with Crippen molar-refractivity contribution in [1.29, 1.82) is 0 Å². The molecule has 0 saturated carbocycles. The summed E-state index contributed by atoms with van der Waals surface area (Å²) < 4.78 is 0. The lowest BCUT2D eigenvalue weighted by atomic mass is 10.2. The van der Waals surface area contributed by atoms with Crippen LogP contribution in [-0.2, 0) is 0 Å². The minimum atomic E-state index is -0.0730. The molecule has 0 atom stereocenters. The Kier molecular flexibility index (Phi) is 4.00. The van der Waals surface area contributed by atoms with Crippen LogP contribution in [0.1, 0.15) is 45.7 Å². The van der Waals surface area contributed by atoms with Crippen LogP contribution in [0.5, 0.6) is 0 Å². The van der Waals surface area contributed by atoms with Crippen molar-refractivity contribution in [2.75, 3.05) is 5.32 Å². The smallest absolute Gasteiger partial charge is 0.267 e. The lowest BCUT2D eigenvalue weighted by Gasteiger charge is -2.06. The Balaban J connectivity index is 2.23. The number of nitrogens with zero attached hydrogens (tertiary/aromatic N) is 1. The number of thiazole rings is 1. The molecule has 0 unspecified atom stereocenters. The van der Waals surface area contributed by atoms with Crippen molar-refractivity contribution in [3.8, 4) is 0 Å². The Labute approximate surface area is 117 Å². The number of aryl methyl sites for hydroxylation is 2. The summed E-state index contributed by atoms with van der Waals surface area (Å²) in [6.45, 7) is 8.03. The van der Waals surface area contributed by atoms with E-state index >= 15 is 0 Å². The quantitative estimate of drug-likeness (QED) is 0.914. The van der Waals surface area contributed by atoms with Gasteiger partial charge in [0.2, 0.25) is 0 Å². The maximum Gasteiger partial charge on any atom is 0.267 e. The van der Waals surface area contributed by atoms with Gasteiger partial charge in [-0.15, -0.1) is 11.3 Å². The first kappa shape index (κ1) is 13.7. The van der Waals surface area contributed by atoms with Gasteiger partial charge in [0.05, 0.1) is 10.7 Å². The molecule has 2 rings (SSSR count). The van der Waals surface area contributed by atoms with Crippen molar-refractivity contribution >= 4 is 22.9 Å². The predicted octanol–water partition coefficient (Wildman–Crippen LogP) is 4.14. The minimum absolute atomic E-state index is 0.0730. The third-order valence-electron chi connectivity index (χ3n) is 2.91. The molecular formula is C15H18N2OS. The fraction of sp³-hybridized carbons (Fsp3) is 0.333. The second-order valence-corrected chi connectivity index (χ2v) is 5.92. The van der Waals surface area contributed by atoms with Gasteiger partial charge in [-0.3, -0.25) is 4.79 Å². The van der Waals surface area contributed by atoms with E-state index in [9.17, 15) is 4.79 Å². The van der Waals surface area contributed by atoms with E-state index in [1.54, 1.807) is 0 Å². The van der Waals surface area contributed by atoms with E-state index < -0.39 is 0 Å². The lowest BCUT2D eigenvalue weighted by molar-refractivity contribution is 0.102. The first-order valence-electron chi connectivity index (χ1n) is 6.33. The molecule has 1 aromatic carbocycles. The molecule has 0 radical (unpaired) electrons. The molecule has 1 aromatic heterocycles. The molecule has 0 spiro atoms. The number of benzene rings is 1. The summed E-state index contributed by atoms with van der Waals surface area (Å²) in [5.41, 5.74) is 2.72. The van der Waals surface area contributed by atoms with E-state index in [-0.39, 0.29) is 5.91 Å². The van der Waals surface area contributed by atoms with Crippen LogP contribution in [0, 0.1) is 13.8 Å². The molecule has 3 nitrogen and oxygen atoms in total. The summed E-state index contributed by atoms with van der Waals surface area (Å²) in [5, 5.41) is 3.96. The van der Waals surface area contributed by atoms with E-state index in [1.807, 2.05) is 38.1 Å². The fourth-order valence-corrected chi connectivity index (χ4v) is 2.73. The summed E-state index contributed by atoms with van der Waals surface area (Å²) in [6.07, 6.45) is 0. The topological polar surface area (TPSA) is 42.0 Å². The summed E-state index contributed by atoms with van der Waals surface area (Å²) in [5.74, 6) is 0.278. The van der Waals surface area contributed by atoms with Crippen LogP contribution in [-0.4, -0.2) is 10.9 Å². The van der Waals surface area contributed by atoms with Crippen molar-refractivity contribution in [2.45, 2.75) is 33.6 Å². The summed E-state index contributed by atoms with van der Waals surface area (Å²) in [7, 11) is 0. The van der Waals surface area contributed by atoms with Crippen molar-refractivity contribution in [2.24, 2.45) is 0 Å². The number of hydrogen-bond donors (Lipinski definition) is 1. The first-order chi connectivity index (χ1) is 8.99. The third-order valence-corrected chi connectivity index (χ3v) is 4.36. The molecular weight excluding hydrogens is 256 g/mol. The number of amides is 1. The van der Waals surface area contributed by atoms with Crippen LogP contribution in [0.2, 0.25) is 0 Å². The monoisotopic (exact) mass is 274 g/mol. The van der Waals surface area contributed by atoms with Gasteiger partial charge >= 0.3 is 0 Å². The largest absolute Gasteiger partial charge is 0.321 e. The molecule has 1 heterocycles. The molecule has 2 aromatic rings. The van der Waals surface area contributed by atoms with Crippen LogP contribution in [0.25, 0.3) is 0 Å². The van der Waals surface area contributed by atoms with Gasteiger partial charge in [-0.2, -0.15) is 0 Å². The van der Waals surface area contributed by atoms with Gasteiger partial charge in [-0.05, 0) is 25.5 Å². The number of carbonyl (C=O) groups excluding carboxylic acids is 1. The zero-order valence-electron chi connectivity index (χ0n) is 11.7. The summed E-state index contributed by atoms with van der Waals surface area (Å²) in [6, 6.07) is 7.77. The Bertz CT molecular complexity index is 602. The number of nitrogens with one attached hydrogen (secondary N) is 1. The number of carbonyl (C=O) groups is 1. The maximum absolute atomic E-state index is 12.3. The average Bonchev–Trinajstić information content (AvgIpc) is 2.74. The summed E-state index contributed by atoms with van der Waals surface area (Å²) >= 11 is 1.48. The molecule has 0 fully saturated rings. The number of para-hydroxylation sites is 1. The summed E-state index contributed by atoms with van der Waals surface area (Å²) in [4.78, 5) is 17.4. The number of hydrogen-bond acceptors (Lipinski definition) is 3. The molecule has 4 heteroatoms. The van der Waals surface area contributed by atoms with Crippen LogP contribution in [0.4, 0.5) is 5.69 Å². The highest BCUT2D eigenvalue weighted by Gasteiger charge is 2.17. The Hall–Kier alpha value is -1.68. The Morgan fingerprint density at radius 2 is 1.95 bits per heavy atom. The minimum Gasteiger partial charge on any atom is -0.321 e. The molecule has 19 heavy (non-hydrogen) atoms. The average molecular weight is 274 g/mol. The van der Waals surface area contributed by atoms with Crippen molar-refractivity contribution in [3.05, 3.63) is 45.4 Å². The van der Waals surface area contributed by atoms with Crippen LogP contribution >= 0.6 is 11.3 Å². The molecule has 1 amide bonds. The van der Waals surface area contributed by atoms with Crippen LogP contribution in [0.15, 0.2) is 24.3 Å². The molecule has 100 valence electrons. The molecule has 0 saturated heterocycles. The van der Waals surface area contributed by atoms with Crippen molar-refractivity contribution in [1.82, 2.24) is 4.98 Å². The van der Waals surface area contributed by atoms with Gasteiger partial charge in [-0.25, -0.2) is 4.98 Å². The molecule has 0 aliphatic rings. The standard InChI is InChI=1S/C15H18N2OS/c1-9(2)15-16-11(4)13(19-15)14(18)17-12-8-6-5-7-10(12)3/h5-9H,1-4H3,(H,17,18). The highest BCUT2D eigenvalue weighted by Crippen LogP contribution is 2.25. The predicted molar refractivity (Wildman–Crippen MR) is 80.1 cm³/mol. The maximum atomic E-state index is 12.3. The number of rotatable bonds is 3. The third kappa shape index (κ3) is 3.01. The van der Waals surface area contributed by atoms with Crippen LogP contribution < -0.4 is 5.32 Å². The molecule has 0 aliphatic carbocycles. The highest BCUT2D eigenvalue weighted by atomic mass is 32.1. The molecule has 0 aliphatic heterocycles. The second-order valence-electron chi connectivity index (χ2n) is 4.89. The van der Waals surface area contributed by atoms with Gasteiger partial charge < -0.3 is 5.32 Å². The van der Waals surface area contributed by atoms with Crippen molar-refractivity contribution < 1.29 is 4.79 Å². The number of anilines is 1. The van der Waals surface area contributed by atoms with Gasteiger partial charge in [0.15, 0.2) is 0 Å². The normalized spacial score (nSPS) is 10.8. The Morgan fingerprint density at radius 3 is 2.53 bits per heavy atom. The zero-order chi connectivity index (χ0) is 14.0. The van der Waals surface area contributed by atoms with E-state index in [2.05, 4.69) is 24.1 Å². The Morgan fingerprint density at radius 1 is 1.26 bits per heavy atom. The van der Waals surface area contributed by atoms with Gasteiger partial charge in [0, 0.05) is 11.6 Å². The van der Waals surface area contributed by atoms with E-state index in [0.29, 0.717) is 10.8 Å². The van der Waals surface area contributed by atoms with E-state index in [4.69, 9.17) is 0 Å². The first-order valence-corrected chi connectivity index (χ1v) is 7.15. The van der Waals surface area contributed by atoms with E-state index in [0.717, 1.165) is 22.0 Å². The zero-order valence-corrected chi connectivity index (χ0v) is 12.5. The van der Waals surface area contributed by atoms with Crippen molar-refractivity contribution in [3.63, 3.8) is 0 Å². The fourth-order valence-electron chi connectivity index (χ4n) is 1.77. The highest BCUT2D eigenvalue weighted by molar-refractivity contribution is 7.14. The molecule has 1 N–H and O–H groups in total. The van der Waals surface area contributed by atoms with E-state index in [1.165, 1.54) is 11.3 Å². The van der Waals surface area contributed by atoms with Gasteiger partial charge in [0.25, 0.3) is 5.91 Å². The SMILES string of the molecule is Cc1ccccc1NC(=O)c1sc(C(C)C)nc1C. The lowest BCUT2D eigenvalue weighted by Crippen LogP contribution is -2.12. The van der Waals surface area contributed by atoms with Gasteiger partial charge in [-0.1, -0.05) is 32.0 Å². The second kappa shape index (κ2) is 5.53.